The number of halogens is 1. The van der Waals surface area contributed by atoms with Crippen molar-refractivity contribution in [3.63, 3.8) is 0 Å². The Morgan fingerprint density at radius 1 is 1.03 bits per heavy atom. The Morgan fingerprint density at radius 2 is 1.72 bits per heavy atom. The highest BCUT2D eigenvalue weighted by molar-refractivity contribution is 7.15. The van der Waals surface area contributed by atoms with E-state index >= 15 is 0 Å². The van der Waals surface area contributed by atoms with Gasteiger partial charge >= 0.3 is 0 Å². The number of carbonyl (C=O) groups excluding carboxylic acids is 1. The molecule has 1 amide bonds. The maximum Gasteiger partial charge on any atom is 0.274 e. The summed E-state index contributed by atoms with van der Waals surface area (Å²) in [5.74, 6) is -0.667. The monoisotopic (exact) mass is 470 g/mol. The second kappa shape index (κ2) is 9.79. The van der Waals surface area contributed by atoms with Crippen molar-refractivity contribution < 1.29 is 9.72 Å². The van der Waals surface area contributed by atoms with Crippen LogP contribution in [0.15, 0.2) is 54.6 Å². The normalized spacial score (nSPS) is 15.0. The molecule has 3 aromatic rings. The number of piperazine rings is 1. The number of hydrogen-bond acceptors (Lipinski definition) is 6. The van der Waals surface area contributed by atoms with Gasteiger partial charge in [0.2, 0.25) is 5.91 Å². The molecule has 2 aromatic carbocycles. The minimum Gasteiger partial charge on any atom is -0.366 e. The van der Waals surface area contributed by atoms with E-state index in [1.54, 1.807) is 23.5 Å². The third-order valence-electron chi connectivity index (χ3n) is 5.61. The quantitative estimate of drug-likeness (QED) is 0.408. The second-order valence-electron chi connectivity index (χ2n) is 7.76. The van der Waals surface area contributed by atoms with Crippen LogP contribution in [0.25, 0.3) is 10.4 Å². The number of primary amides is 1. The van der Waals surface area contributed by atoms with E-state index in [1.807, 2.05) is 24.3 Å². The number of nitro groups is 1. The summed E-state index contributed by atoms with van der Waals surface area (Å²) in [5, 5.41) is 12.2. The van der Waals surface area contributed by atoms with Crippen LogP contribution in [0.2, 0.25) is 5.02 Å². The summed E-state index contributed by atoms with van der Waals surface area (Å²) in [6.45, 7) is 4.74. The first kappa shape index (κ1) is 22.4. The van der Waals surface area contributed by atoms with Crippen LogP contribution in [0, 0.1) is 10.1 Å². The molecule has 0 aliphatic carbocycles. The topological polar surface area (TPSA) is 92.7 Å². The van der Waals surface area contributed by atoms with E-state index in [2.05, 4.69) is 21.9 Å². The number of benzene rings is 2. The smallest absolute Gasteiger partial charge is 0.274 e. The van der Waals surface area contributed by atoms with Crippen molar-refractivity contribution in [3.8, 4) is 10.4 Å². The molecule has 4 rings (SSSR count). The first-order chi connectivity index (χ1) is 15.4. The Morgan fingerprint density at radius 3 is 2.38 bits per heavy atom. The molecular weight excluding hydrogens is 448 g/mol. The lowest BCUT2D eigenvalue weighted by molar-refractivity contribution is -0.385. The number of carbonyl (C=O) groups is 1. The maximum absolute atomic E-state index is 11.4. The number of nitrogens with two attached hydrogens (primary N) is 1. The largest absolute Gasteiger partial charge is 0.366 e. The number of amides is 1. The highest BCUT2D eigenvalue weighted by Gasteiger charge is 2.22. The molecule has 32 heavy (non-hydrogen) atoms. The van der Waals surface area contributed by atoms with Crippen LogP contribution in [0.5, 0.6) is 0 Å². The number of nitro benzene ring substituents is 1. The fourth-order valence-corrected chi connectivity index (χ4v) is 5.24. The summed E-state index contributed by atoms with van der Waals surface area (Å²) in [6, 6.07) is 16.6. The molecule has 0 radical (unpaired) electrons. The van der Waals surface area contributed by atoms with Crippen molar-refractivity contribution in [2.45, 2.75) is 13.1 Å². The van der Waals surface area contributed by atoms with Crippen molar-refractivity contribution in [1.29, 1.82) is 0 Å². The zero-order chi connectivity index (χ0) is 22.7. The molecule has 166 valence electrons. The molecule has 1 aromatic heterocycles. The first-order valence-electron chi connectivity index (χ1n) is 10.3. The van der Waals surface area contributed by atoms with E-state index < -0.39 is 10.8 Å². The molecule has 2 N–H and O–H groups in total. The van der Waals surface area contributed by atoms with Gasteiger partial charge in [0, 0.05) is 76.8 Å². The Bertz CT molecular complexity index is 1140. The SMILES string of the molecule is NC(=O)c1ccc(CN2CCN(Cc3ccc(-c4ccccc4Cl)s3)CC2)c([N+](=O)[O-])c1. The summed E-state index contributed by atoms with van der Waals surface area (Å²) in [7, 11) is 0. The predicted molar refractivity (Wildman–Crippen MR) is 127 cm³/mol. The summed E-state index contributed by atoms with van der Waals surface area (Å²) in [4.78, 5) is 29.4. The summed E-state index contributed by atoms with van der Waals surface area (Å²) in [5.41, 5.74) is 6.99. The van der Waals surface area contributed by atoms with E-state index in [-0.39, 0.29) is 11.3 Å². The fourth-order valence-electron chi connectivity index (χ4n) is 3.86. The van der Waals surface area contributed by atoms with Crippen LogP contribution in [0.4, 0.5) is 5.69 Å². The molecule has 1 saturated heterocycles. The van der Waals surface area contributed by atoms with Crippen LogP contribution < -0.4 is 5.73 Å². The summed E-state index contributed by atoms with van der Waals surface area (Å²) >= 11 is 8.08. The number of thiophene rings is 1. The van der Waals surface area contributed by atoms with E-state index in [4.69, 9.17) is 17.3 Å². The van der Waals surface area contributed by atoms with Gasteiger partial charge in [-0.05, 0) is 24.3 Å². The Labute approximate surface area is 195 Å². The molecule has 9 heteroatoms. The zero-order valence-electron chi connectivity index (χ0n) is 17.4. The lowest BCUT2D eigenvalue weighted by Gasteiger charge is -2.34. The van der Waals surface area contributed by atoms with Gasteiger partial charge < -0.3 is 5.73 Å². The van der Waals surface area contributed by atoms with E-state index in [0.717, 1.165) is 48.2 Å². The van der Waals surface area contributed by atoms with Gasteiger partial charge in [-0.3, -0.25) is 24.7 Å². The zero-order valence-corrected chi connectivity index (χ0v) is 18.9. The molecule has 1 fully saturated rings. The molecule has 0 bridgehead atoms. The molecule has 0 unspecified atom stereocenters. The molecule has 7 nitrogen and oxygen atoms in total. The van der Waals surface area contributed by atoms with Gasteiger partial charge in [-0.25, -0.2) is 0 Å². The summed E-state index contributed by atoms with van der Waals surface area (Å²) in [6.07, 6.45) is 0. The predicted octanol–water partition coefficient (Wildman–Crippen LogP) is 4.39. The van der Waals surface area contributed by atoms with Gasteiger partial charge in [-0.2, -0.15) is 0 Å². The molecule has 0 spiro atoms. The average molecular weight is 471 g/mol. The highest BCUT2D eigenvalue weighted by atomic mass is 35.5. The van der Waals surface area contributed by atoms with Gasteiger partial charge in [-0.15, -0.1) is 11.3 Å². The molecule has 2 heterocycles. The van der Waals surface area contributed by atoms with E-state index in [0.29, 0.717) is 12.1 Å². The van der Waals surface area contributed by atoms with Crippen molar-refractivity contribution in [2.24, 2.45) is 5.73 Å². The first-order valence-corrected chi connectivity index (χ1v) is 11.5. The van der Waals surface area contributed by atoms with Crippen molar-refractivity contribution in [2.75, 3.05) is 26.2 Å². The Hall–Kier alpha value is -2.78. The molecular formula is C23H23ClN4O3S. The number of nitrogens with zero attached hydrogens (tertiary/aromatic N) is 3. The minimum atomic E-state index is -0.667. The Balaban J connectivity index is 1.35. The third-order valence-corrected chi connectivity index (χ3v) is 7.04. The average Bonchev–Trinajstić information content (AvgIpc) is 3.23. The van der Waals surface area contributed by atoms with Gasteiger partial charge in [-0.1, -0.05) is 35.9 Å². The van der Waals surface area contributed by atoms with Gasteiger partial charge in [0.15, 0.2) is 0 Å². The fraction of sp³-hybridized carbons (Fsp3) is 0.261. The molecule has 0 saturated carbocycles. The van der Waals surface area contributed by atoms with Crippen LogP contribution in [-0.4, -0.2) is 46.8 Å². The van der Waals surface area contributed by atoms with Crippen LogP contribution in [0.3, 0.4) is 0 Å². The maximum atomic E-state index is 11.4. The van der Waals surface area contributed by atoms with Crippen molar-refractivity contribution in [3.05, 3.63) is 85.7 Å². The number of rotatable bonds is 7. The van der Waals surface area contributed by atoms with Crippen LogP contribution in [-0.2, 0) is 13.1 Å². The number of hydrogen-bond donors (Lipinski definition) is 1. The van der Waals surface area contributed by atoms with Gasteiger partial charge in [0.1, 0.15) is 0 Å². The van der Waals surface area contributed by atoms with Crippen molar-refractivity contribution >= 4 is 34.5 Å². The van der Waals surface area contributed by atoms with Crippen molar-refractivity contribution in [1.82, 2.24) is 9.80 Å². The molecule has 0 atom stereocenters. The standard InChI is InChI=1S/C23H23ClN4O3S/c24-20-4-2-1-3-19(20)22-8-7-18(32-22)15-27-11-9-26(10-12-27)14-17-6-5-16(23(25)29)13-21(17)28(30)31/h1-8,13H,9-12,14-15H2,(H2,25,29). The van der Waals surface area contributed by atoms with E-state index in [1.165, 1.54) is 10.9 Å². The summed E-state index contributed by atoms with van der Waals surface area (Å²) < 4.78 is 0. The Kier molecular flexibility index (Phi) is 6.86. The van der Waals surface area contributed by atoms with Gasteiger partial charge in [0.25, 0.3) is 5.69 Å². The third kappa shape index (κ3) is 5.16. The van der Waals surface area contributed by atoms with E-state index in [9.17, 15) is 14.9 Å². The van der Waals surface area contributed by atoms with Gasteiger partial charge in [0.05, 0.1) is 4.92 Å². The van der Waals surface area contributed by atoms with Crippen LogP contribution >= 0.6 is 22.9 Å². The highest BCUT2D eigenvalue weighted by Crippen LogP contribution is 2.33. The van der Waals surface area contributed by atoms with Crippen LogP contribution in [0.1, 0.15) is 20.8 Å². The lowest BCUT2D eigenvalue weighted by Crippen LogP contribution is -2.45. The molecule has 1 aliphatic heterocycles. The second-order valence-corrected chi connectivity index (χ2v) is 9.34. The lowest BCUT2D eigenvalue weighted by atomic mass is 10.1. The molecule has 1 aliphatic rings. The minimum absolute atomic E-state index is 0.0607.